The van der Waals surface area contributed by atoms with Gasteiger partial charge >= 0.3 is 0 Å². The standard InChI is InChI=1S/C15H18N4O3/c1-2-3-10-11-13(19-18-10)22-12(17)9(6-16)15(11)5-4-8-7-20-14(15)21-8/h8,14H,2-5,7,17H2,1H3,(H,18,19)/t8-,14-,15-/m1/s1. The normalized spacial score (nSPS) is 32.7. The van der Waals surface area contributed by atoms with Crippen LogP contribution in [0.3, 0.4) is 0 Å². The van der Waals surface area contributed by atoms with E-state index < -0.39 is 11.7 Å². The molecule has 0 amide bonds. The molecule has 2 fully saturated rings. The quantitative estimate of drug-likeness (QED) is 0.851. The molecule has 22 heavy (non-hydrogen) atoms. The lowest BCUT2D eigenvalue weighted by Gasteiger charge is -2.42. The topological polar surface area (TPSA) is 106 Å². The van der Waals surface area contributed by atoms with Gasteiger partial charge in [-0.25, -0.2) is 0 Å². The minimum Gasteiger partial charge on any atom is -0.420 e. The molecule has 1 aromatic heterocycles. The molecule has 3 aliphatic heterocycles. The number of rotatable bonds is 2. The molecule has 2 saturated heterocycles. The average Bonchev–Trinajstić information content (AvgIpc) is 3.09. The van der Waals surface area contributed by atoms with E-state index in [2.05, 4.69) is 23.2 Å². The molecular formula is C15H18N4O3. The third-order valence-electron chi connectivity index (χ3n) is 4.78. The predicted octanol–water partition coefficient (Wildman–Crippen LogP) is 1.22. The van der Waals surface area contributed by atoms with E-state index in [0.717, 1.165) is 36.9 Å². The summed E-state index contributed by atoms with van der Waals surface area (Å²) in [6.45, 7) is 2.65. The molecular weight excluding hydrogens is 284 g/mol. The van der Waals surface area contributed by atoms with Gasteiger partial charge in [0.05, 0.1) is 23.7 Å². The highest BCUT2D eigenvalue weighted by Crippen LogP contribution is 2.54. The second-order valence-electron chi connectivity index (χ2n) is 6.02. The lowest BCUT2D eigenvalue weighted by molar-refractivity contribution is -0.126. The zero-order valence-electron chi connectivity index (χ0n) is 12.4. The van der Waals surface area contributed by atoms with E-state index in [1.54, 1.807) is 0 Å². The molecule has 7 heteroatoms. The first kappa shape index (κ1) is 13.6. The first-order valence-electron chi connectivity index (χ1n) is 7.63. The highest BCUT2D eigenvalue weighted by Gasteiger charge is 2.58. The predicted molar refractivity (Wildman–Crippen MR) is 75.6 cm³/mol. The first-order chi connectivity index (χ1) is 10.7. The van der Waals surface area contributed by atoms with Crippen LogP contribution < -0.4 is 10.5 Å². The van der Waals surface area contributed by atoms with Crippen LogP contribution in [0.25, 0.3) is 0 Å². The van der Waals surface area contributed by atoms with Gasteiger partial charge in [0.2, 0.25) is 11.8 Å². The monoisotopic (exact) mass is 302 g/mol. The molecule has 2 bridgehead atoms. The summed E-state index contributed by atoms with van der Waals surface area (Å²) in [6.07, 6.45) is 2.95. The summed E-state index contributed by atoms with van der Waals surface area (Å²) >= 11 is 0. The second kappa shape index (κ2) is 4.73. The lowest BCUT2D eigenvalue weighted by Crippen LogP contribution is -2.48. The Balaban J connectivity index is 1.94. The molecule has 4 heterocycles. The molecule has 4 rings (SSSR count). The number of hydrogen-bond donors (Lipinski definition) is 2. The lowest BCUT2D eigenvalue weighted by atomic mass is 9.68. The summed E-state index contributed by atoms with van der Waals surface area (Å²) in [7, 11) is 0. The largest absolute Gasteiger partial charge is 0.420 e. The van der Waals surface area contributed by atoms with Gasteiger partial charge in [0, 0.05) is 5.69 Å². The van der Waals surface area contributed by atoms with Gasteiger partial charge in [-0.1, -0.05) is 13.3 Å². The van der Waals surface area contributed by atoms with Crippen LogP contribution >= 0.6 is 0 Å². The smallest absolute Gasteiger partial charge is 0.244 e. The van der Waals surface area contributed by atoms with Crippen molar-refractivity contribution >= 4 is 0 Å². The number of nitrogens with one attached hydrogen (secondary N) is 1. The highest BCUT2D eigenvalue weighted by molar-refractivity contribution is 5.55. The summed E-state index contributed by atoms with van der Waals surface area (Å²) in [5, 5.41) is 17.0. The Labute approximate surface area is 128 Å². The Kier molecular flexibility index (Phi) is 2.93. The van der Waals surface area contributed by atoms with Crippen molar-refractivity contribution in [3.63, 3.8) is 0 Å². The third-order valence-corrected chi connectivity index (χ3v) is 4.78. The highest BCUT2D eigenvalue weighted by atomic mass is 16.7. The molecule has 3 aliphatic rings. The van der Waals surface area contributed by atoms with Crippen LogP contribution in [0.4, 0.5) is 0 Å². The second-order valence-corrected chi connectivity index (χ2v) is 6.02. The van der Waals surface area contributed by atoms with Crippen LogP contribution in [0, 0.1) is 11.3 Å². The molecule has 0 saturated carbocycles. The summed E-state index contributed by atoms with van der Waals surface area (Å²) < 4.78 is 17.4. The van der Waals surface area contributed by atoms with Gasteiger partial charge in [0.1, 0.15) is 11.6 Å². The first-order valence-corrected chi connectivity index (χ1v) is 7.63. The van der Waals surface area contributed by atoms with Crippen LogP contribution in [0.1, 0.15) is 37.4 Å². The van der Waals surface area contributed by atoms with Gasteiger partial charge in [-0.15, -0.1) is 5.10 Å². The van der Waals surface area contributed by atoms with E-state index in [4.69, 9.17) is 19.9 Å². The van der Waals surface area contributed by atoms with Crippen molar-refractivity contribution in [1.29, 1.82) is 5.26 Å². The number of aromatic amines is 1. The fourth-order valence-corrected chi connectivity index (χ4v) is 3.83. The van der Waals surface area contributed by atoms with Gasteiger partial charge in [-0.2, -0.15) is 5.26 Å². The van der Waals surface area contributed by atoms with Crippen molar-refractivity contribution in [2.75, 3.05) is 6.61 Å². The van der Waals surface area contributed by atoms with E-state index in [1.165, 1.54) is 0 Å². The van der Waals surface area contributed by atoms with Crippen molar-refractivity contribution in [2.45, 2.75) is 50.4 Å². The van der Waals surface area contributed by atoms with E-state index in [9.17, 15) is 5.26 Å². The Bertz CT molecular complexity index is 689. The summed E-state index contributed by atoms with van der Waals surface area (Å²) in [5.74, 6) is 0.541. The Morgan fingerprint density at radius 3 is 3.18 bits per heavy atom. The van der Waals surface area contributed by atoms with Gasteiger partial charge in [0.25, 0.3) is 0 Å². The van der Waals surface area contributed by atoms with Crippen molar-refractivity contribution in [1.82, 2.24) is 10.2 Å². The number of fused-ring (bicyclic) bond motifs is 5. The average molecular weight is 302 g/mol. The number of H-pyrrole nitrogens is 1. The SMILES string of the molecule is CCCc1[nH]nc2c1[C@@]1(CC[C@@H]3CO[C@@H]1O3)C(C#N)=C(N)O2. The zero-order chi connectivity index (χ0) is 15.3. The number of nitriles is 1. The number of aryl methyl sites for hydroxylation is 1. The van der Waals surface area contributed by atoms with Gasteiger partial charge in [0.15, 0.2) is 6.29 Å². The number of nitrogens with two attached hydrogens (primary N) is 1. The van der Waals surface area contributed by atoms with E-state index in [-0.39, 0.29) is 12.0 Å². The van der Waals surface area contributed by atoms with Crippen molar-refractivity contribution in [3.05, 3.63) is 22.7 Å². The molecule has 116 valence electrons. The number of nitrogens with zero attached hydrogens (tertiary/aromatic N) is 2. The fraction of sp³-hybridized carbons (Fsp3) is 0.600. The van der Waals surface area contributed by atoms with E-state index in [1.807, 2.05) is 0 Å². The molecule has 0 aromatic carbocycles. The minimum atomic E-state index is -0.711. The Morgan fingerprint density at radius 1 is 1.55 bits per heavy atom. The van der Waals surface area contributed by atoms with Crippen LogP contribution in [-0.4, -0.2) is 29.2 Å². The summed E-state index contributed by atoms with van der Waals surface area (Å²) in [5.41, 5.74) is 7.52. The van der Waals surface area contributed by atoms with Gasteiger partial charge < -0.3 is 19.9 Å². The minimum absolute atomic E-state index is 0.0992. The maximum absolute atomic E-state index is 9.68. The molecule has 3 N–H and O–H groups in total. The van der Waals surface area contributed by atoms with Gasteiger partial charge in [-0.05, 0) is 19.3 Å². The third kappa shape index (κ3) is 1.59. The molecule has 1 spiro atoms. The van der Waals surface area contributed by atoms with Gasteiger partial charge in [-0.3, -0.25) is 5.10 Å². The molecule has 0 unspecified atom stereocenters. The number of hydrogen-bond acceptors (Lipinski definition) is 6. The molecule has 7 nitrogen and oxygen atoms in total. The van der Waals surface area contributed by atoms with Crippen LogP contribution in [0.2, 0.25) is 0 Å². The fourth-order valence-electron chi connectivity index (χ4n) is 3.83. The molecule has 1 aromatic rings. The molecule has 3 atom stereocenters. The maximum Gasteiger partial charge on any atom is 0.244 e. The van der Waals surface area contributed by atoms with Crippen LogP contribution in [0.5, 0.6) is 5.88 Å². The summed E-state index contributed by atoms with van der Waals surface area (Å²) in [4.78, 5) is 0. The zero-order valence-corrected chi connectivity index (χ0v) is 12.4. The Morgan fingerprint density at radius 2 is 2.41 bits per heavy atom. The van der Waals surface area contributed by atoms with Crippen molar-refractivity contribution < 1.29 is 14.2 Å². The summed E-state index contributed by atoms with van der Waals surface area (Å²) in [6, 6.07) is 2.23. The maximum atomic E-state index is 9.68. The van der Waals surface area contributed by atoms with E-state index >= 15 is 0 Å². The number of ether oxygens (including phenoxy) is 3. The molecule has 0 aliphatic carbocycles. The Hall–Kier alpha value is -2.04. The van der Waals surface area contributed by atoms with Crippen molar-refractivity contribution in [3.8, 4) is 11.9 Å². The van der Waals surface area contributed by atoms with Crippen LogP contribution in [0.15, 0.2) is 11.5 Å². The number of aromatic nitrogens is 2. The molecule has 0 radical (unpaired) electrons. The van der Waals surface area contributed by atoms with Crippen molar-refractivity contribution in [2.24, 2.45) is 5.73 Å². The van der Waals surface area contributed by atoms with E-state index in [0.29, 0.717) is 18.1 Å². The van der Waals surface area contributed by atoms with Crippen LogP contribution in [-0.2, 0) is 21.3 Å².